The van der Waals surface area contributed by atoms with Crippen LogP contribution < -0.4 is 10.6 Å². The highest BCUT2D eigenvalue weighted by atomic mass is 19.1. The van der Waals surface area contributed by atoms with Crippen molar-refractivity contribution in [3.63, 3.8) is 0 Å². The van der Waals surface area contributed by atoms with Crippen molar-refractivity contribution in [1.29, 1.82) is 0 Å². The van der Waals surface area contributed by atoms with Gasteiger partial charge in [-0.3, -0.25) is 4.79 Å². The van der Waals surface area contributed by atoms with Gasteiger partial charge in [-0.25, -0.2) is 4.98 Å². The fourth-order valence-corrected chi connectivity index (χ4v) is 2.35. The number of anilines is 1. The van der Waals surface area contributed by atoms with Gasteiger partial charge in [-0.2, -0.15) is 4.39 Å². The highest BCUT2D eigenvalue weighted by Crippen LogP contribution is 2.31. The van der Waals surface area contributed by atoms with E-state index in [0.717, 1.165) is 25.8 Å². The van der Waals surface area contributed by atoms with Crippen LogP contribution in [0.1, 0.15) is 26.2 Å². The molecule has 1 amide bonds. The first-order valence-electron chi connectivity index (χ1n) is 6.31. The number of amides is 1. The molecule has 2 heterocycles. The molecule has 4 nitrogen and oxygen atoms in total. The van der Waals surface area contributed by atoms with Gasteiger partial charge in [0.05, 0.1) is 5.41 Å². The van der Waals surface area contributed by atoms with Gasteiger partial charge in [0, 0.05) is 6.54 Å². The van der Waals surface area contributed by atoms with E-state index in [2.05, 4.69) is 15.6 Å². The molecule has 0 bridgehead atoms. The van der Waals surface area contributed by atoms with E-state index in [9.17, 15) is 9.18 Å². The Morgan fingerprint density at radius 2 is 2.44 bits per heavy atom. The molecule has 2 N–H and O–H groups in total. The molecule has 1 aromatic rings. The Kier molecular flexibility index (Phi) is 3.91. The second kappa shape index (κ2) is 5.44. The second-order valence-electron chi connectivity index (χ2n) is 4.71. The molecule has 0 radical (unpaired) electrons. The summed E-state index contributed by atoms with van der Waals surface area (Å²) in [5, 5.41) is 5.96. The lowest BCUT2D eigenvalue weighted by molar-refractivity contribution is -0.126. The zero-order valence-corrected chi connectivity index (χ0v) is 10.5. The Morgan fingerprint density at radius 1 is 1.61 bits per heavy atom. The minimum absolute atomic E-state index is 0.0738. The Morgan fingerprint density at radius 3 is 3.06 bits per heavy atom. The first kappa shape index (κ1) is 13.0. The van der Waals surface area contributed by atoms with Gasteiger partial charge in [-0.1, -0.05) is 13.0 Å². The molecule has 1 aliphatic rings. The molecule has 0 aliphatic carbocycles. The van der Waals surface area contributed by atoms with Gasteiger partial charge in [0.1, 0.15) is 5.82 Å². The summed E-state index contributed by atoms with van der Waals surface area (Å²) < 4.78 is 13.0. The molecule has 0 aromatic carbocycles. The number of halogens is 1. The van der Waals surface area contributed by atoms with Crippen molar-refractivity contribution in [2.45, 2.75) is 26.2 Å². The molecule has 1 aliphatic heterocycles. The number of carbonyl (C=O) groups excluding carboxylic acids is 1. The van der Waals surface area contributed by atoms with Gasteiger partial charge >= 0.3 is 0 Å². The lowest BCUT2D eigenvalue weighted by atomic mass is 9.77. The minimum atomic E-state index is -0.583. The summed E-state index contributed by atoms with van der Waals surface area (Å²) in [4.78, 5) is 16.0. The van der Waals surface area contributed by atoms with Gasteiger partial charge in [0.25, 0.3) is 0 Å². The SMILES string of the molecule is CCC1(C(=O)Nc2cccc(F)n2)CCCNC1. The molecule has 1 unspecified atom stereocenters. The van der Waals surface area contributed by atoms with Crippen LogP contribution in [0.5, 0.6) is 0 Å². The molecule has 98 valence electrons. The number of carbonyl (C=O) groups is 1. The molecule has 2 rings (SSSR count). The number of nitrogens with one attached hydrogen (secondary N) is 2. The first-order chi connectivity index (χ1) is 8.66. The number of nitrogens with zero attached hydrogens (tertiary/aromatic N) is 1. The average Bonchev–Trinajstić information content (AvgIpc) is 2.39. The maximum atomic E-state index is 13.0. The van der Waals surface area contributed by atoms with Crippen LogP contribution in [-0.2, 0) is 4.79 Å². The monoisotopic (exact) mass is 251 g/mol. The van der Waals surface area contributed by atoms with E-state index < -0.39 is 11.4 Å². The van der Waals surface area contributed by atoms with E-state index in [1.165, 1.54) is 12.1 Å². The van der Waals surface area contributed by atoms with Crippen molar-refractivity contribution in [3.05, 3.63) is 24.1 Å². The fourth-order valence-electron chi connectivity index (χ4n) is 2.35. The molecule has 0 saturated carbocycles. The van der Waals surface area contributed by atoms with Crippen molar-refractivity contribution < 1.29 is 9.18 Å². The van der Waals surface area contributed by atoms with Gasteiger partial charge in [-0.15, -0.1) is 0 Å². The quantitative estimate of drug-likeness (QED) is 0.807. The van der Waals surface area contributed by atoms with Crippen LogP contribution in [0.25, 0.3) is 0 Å². The topological polar surface area (TPSA) is 54.0 Å². The predicted octanol–water partition coefficient (Wildman–Crippen LogP) is 1.94. The third-order valence-electron chi connectivity index (χ3n) is 3.59. The Labute approximate surface area is 106 Å². The molecular weight excluding hydrogens is 233 g/mol. The summed E-state index contributed by atoms with van der Waals surface area (Å²) in [5.41, 5.74) is -0.397. The van der Waals surface area contributed by atoms with Crippen LogP contribution >= 0.6 is 0 Å². The normalized spacial score (nSPS) is 23.7. The van der Waals surface area contributed by atoms with Crippen molar-refractivity contribution >= 4 is 11.7 Å². The molecule has 1 atom stereocenters. The molecule has 1 fully saturated rings. The van der Waals surface area contributed by atoms with E-state index in [-0.39, 0.29) is 11.7 Å². The summed E-state index contributed by atoms with van der Waals surface area (Å²) >= 11 is 0. The van der Waals surface area contributed by atoms with Crippen LogP contribution in [0.4, 0.5) is 10.2 Å². The van der Waals surface area contributed by atoms with Gasteiger partial charge < -0.3 is 10.6 Å². The van der Waals surface area contributed by atoms with Crippen LogP contribution in [0, 0.1) is 11.4 Å². The van der Waals surface area contributed by atoms with E-state index >= 15 is 0 Å². The Balaban J connectivity index is 2.10. The molecule has 1 saturated heterocycles. The number of rotatable bonds is 3. The average molecular weight is 251 g/mol. The van der Waals surface area contributed by atoms with Crippen molar-refractivity contribution in [2.24, 2.45) is 5.41 Å². The molecule has 18 heavy (non-hydrogen) atoms. The van der Waals surface area contributed by atoms with Crippen LogP contribution in [0.3, 0.4) is 0 Å². The lowest BCUT2D eigenvalue weighted by Gasteiger charge is -2.35. The molecular formula is C13H18FN3O. The summed E-state index contributed by atoms with van der Waals surface area (Å²) in [7, 11) is 0. The fraction of sp³-hybridized carbons (Fsp3) is 0.538. The number of piperidine rings is 1. The predicted molar refractivity (Wildman–Crippen MR) is 67.7 cm³/mol. The Bertz CT molecular complexity index is 430. The number of hydrogen-bond donors (Lipinski definition) is 2. The highest BCUT2D eigenvalue weighted by molar-refractivity contribution is 5.94. The summed E-state index contributed by atoms with van der Waals surface area (Å²) in [6.07, 6.45) is 2.61. The summed E-state index contributed by atoms with van der Waals surface area (Å²) in [6, 6.07) is 4.39. The van der Waals surface area contributed by atoms with Crippen molar-refractivity contribution in [3.8, 4) is 0 Å². The van der Waals surface area contributed by atoms with Gasteiger partial charge in [0.2, 0.25) is 11.9 Å². The van der Waals surface area contributed by atoms with Gasteiger partial charge in [0.15, 0.2) is 0 Å². The Hall–Kier alpha value is -1.49. The van der Waals surface area contributed by atoms with Crippen molar-refractivity contribution in [1.82, 2.24) is 10.3 Å². The maximum absolute atomic E-state index is 13.0. The lowest BCUT2D eigenvalue weighted by Crippen LogP contribution is -2.47. The number of hydrogen-bond acceptors (Lipinski definition) is 3. The third-order valence-corrected chi connectivity index (χ3v) is 3.59. The summed E-state index contributed by atoms with van der Waals surface area (Å²) in [6.45, 7) is 3.63. The van der Waals surface area contributed by atoms with Crippen LogP contribution in [0.15, 0.2) is 18.2 Å². The number of pyridine rings is 1. The highest BCUT2D eigenvalue weighted by Gasteiger charge is 2.37. The van der Waals surface area contributed by atoms with Crippen LogP contribution in [0.2, 0.25) is 0 Å². The largest absolute Gasteiger partial charge is 0.316 e. The minimum Gasteiger partial charge on any atom is -0.316 e. The smallest absolute Gasteiger partial charge is 0.233 e. The third kappa shape index (κ3) is 2.67. The molecule has 1 aromatic heterocycles. The first-order valence-corrected chi connectivity index (χ1v) is 6.31. The van der Waals surface area contributed by atoms with E-state index in [1.807, 2.05) is 6.92 Å². The van der Waals surface area contributed by atoms with E-state index in [4.69, 9.17) is 0 Å². The van der Waals surface area contributed by atoms with E-state index in [0.29, 0.717) is 6.54 Å². The zero-order valence-electron chi connectivity index (χ0n) is 10.5. The zero-order chi connectivity index (χ0) is 13.0. The summed E-state index contributed by atoms with van der Waals surface area (Å²) in [5.74, 6) is -0.381. The van der Waals surface area contributed by atoms with Crippen LogP contribution in [-0.4, -0.2) is 24.0 Å². The second-order valence-corrected chi connectivity index (χ2v) is 4.71. The molecule has 0 spiro atoms. The van der Waals surface area contributed by atoms with Crippen molar-refractivity contribution in [2.75, 3.05) is 18.4 Å². The standard InChI is InChI=1S/C13H18FN3O/c1-2-13(7-4-8-15-9-13)12(18)17-11-6-3-5-10(14)16-11/h3,5-6,15H,2,4,7-9H2,1H3,(H,16,17,18). The number of aromatic nitrogens is 1. The van der Waals surface area contributed by atoms with Gasteiger partial charge in [-0.05, 0) is 37.9 Å². The molecule has 5 heteroatoms. The maximum Gasteiger partial charge on any atom is 0.233 e. The van der Waals surface area contributed by atoms with E-state index in [1.54, 1.807) is 6.07 Å².